The Kier molecular flexibility index (Phi) is 3.88. The molecule has 0 atom stereocenters. The molecule has 1 N–H and O–H groups in total. The molecule has 0 fully saturated rings. The van der Waals surface area contributed by atoms with Crippen LogP contribution in [0.15, 0.2) is 41.4 Å². The lowest BCUT2D eigenvalue weighted by atomic mass is 10.2. The summed E-state index contributed by atoms with van der Waals surface area (Å²) in [6.45, 7) is 0. The van der Waals surface area contributed by atoms with Gasteiger partial charge in [-0.2, -0.15) is 0 Å². The van der Waals surface area contributed by atoms with Gasteiger partial charge < -0.3 is 5.32 Å². The van der Waals surface area contributed by atoms with Crippen molar-refractivity contribution in [1.29, 1.82) is 0 Å². The lowest BCUT2D eigenvalue weighted by molar-refractivity contribution is 0.102. The molecule has 92 valence electrons. The third-order valence-corrected chi connectivity index (χ3v) is 2.85. The van der Waals surface area contributed by atoms with Crippen molar-refractivity contribution in [3.8, 4) is 0 Å². The van der Waals surface area contributed by atoms with Gasteiger partial charge in [-0.25, -0.2) is 4.39 Å². The highest BCUT2D eigenvalue weighted by Gasteiger charge is 2.11. The fourth-order valence-electron chi connectivity index (χ4n) is 1.32. The van der Waals surface area contributed by atoms with E-state index < -0.39 is 11.7 Å². The van der Waals surface area contributed by atoms with Crippen molar-refractivity contribution in [2.75, 3.05) is 11.6 Å². The minimum atomic E-state index is -0.566. The first kappa shape index (κ1) is 12.5. The Morgan fingerprint density at radius 2 is 2.00 bits per heavy atom. The van der Waals surface area contributed by atoms with E-state index >= 15 is 0 Å². The predicted octanol–water partition coefficient (Wildman–Crippen LogP) is 2.59. The lowest BCUT2D eigenvalue weighted by Crippen LogP contribution is -2.14. The highest BCUT2D eigenvalue weighted by atomic mass is 32.2. The summed E-state index contributed by atoms with van der Waals surface area (Å²) < 4.78 is 13.4. The number of nitrogens with one attached hydrogen (secondary N) is 1. The van der Waals surface area contributed by atoms with Gasteiger partial charge in [0.15, 0.2) is 5.82 Å². The Hall–Kier alpha value is -1.95. The molecule has 0 saturated carbocycles. The molecule has 0 saturated heterocycles. The first-order valence-corrected chi connectivity index (χ1v) is 6.37. The van der Waals surface area contributed by atoms with Crippen molar-refractivity contribution < 1.29 is 9.18 Å². The molecule has 0 radical (unpaired) electrons. The lowest BCUT2D eigenvalue weighted by Gasteiger charge is -2.04. The molecule has 0 spiro atoms. The van der Waals surface area contributed by atoms with Gasteiger partial charge in [0.1, 0.15) is 10.8 Å². The van der Waals surface area contributed by atoms with Gasteiger partial charge in [0.05, 0.1) is 5.56 Å². The summed E-state index contributed by atoms with van der Waals surface area (Å²) >= 11 is 1.45. The fraction of sp³-hybridized carbons (Fsp3) is 0.0833. The third kappa shape index (κ3) is 2.84. The summed E-state index contributed by atoms with van der Waals surface area (Å²) in [4.78, 5) is 11.8. The van der Waals surface area contributed by atoms with Crippen LogP contribution >= 0.6 is 11.8 Å². The number of hydrogen-bond donors (Lipinski definition) is 1. The molecular formula is C12H10FN3OS. The zero-order valence-corrected chi connectivity index (χ0v) is 10.4. The Morgan fingerprint density at radius 1 is 1.22 bits per heavy atom. The first-order chi connectivity index (χ1) is 8.70. The number of amides is 1. The second-order valence-electron chi connectivity index (χ2n) is 3.39. The molecule has 4 nitrogen and oxygen atoms in total. The zero-order valence-electron chi connectivity index (χ0n) is 9.55. The Bertz CT molecular complexity index is 560. The minimum Gasteiger partial charge on any atom is -0.305 e. The molecule has 1 aromatic heterocycles. The van der Waals surface area contributed by atoms with Crippen LogP contribution in [0.1, 0.15) is 10.4 Å². The highest BCUT2D eigenvalue weighted by Crippen LogP contribution is 2.13. The average molecular weight is 263 g/mol. The van der Waals surface area contributed by atoms with E-state index in [-0.39, 0.29) is 5.56 Å². The van der Waals surface area contributed by atoms with Crippen LogP contribution in [0.5, 0.6) is 0 Å². The number of rotatable bonds is 3. The molecular weight excluding hydrogens is 253 g/mol. The fourth-order valence-corrected chi connectivity index (χ4v) is 1.65. The minimum absolute atomic E-state index is 0.0201. The summed E-state index contributed by atoms with van der Waals surface area (Å²) in [6, 6.07) is 9.12. The maximum absolute atomic E-state index is 13.4. The molecule has 2 rings (SSSR count). The van der Waals surface area contributed by atoms with Crippen LogP contribution in [0, 0.1) is 5.82 Å². The van der Waals surface area contributed by atoms with Gasteiger partial charge >= 0.3 is 0 Å². The van der Waals surface area contributed by atoms with Crippen molar-refractivity contribution >= 4 is 23.5 Å². The van der Waals surface area contributed by atoms with E-state index in [1.807, 2.05) is 6.26 Å². The van der Waals surface area contributed by atoms with Crippen molar-refractivity contribution in [3.63, 3.8) is 0 Å². The van der Waals surface area contributed by atoms with Crippen molar-refractivity contribution in [1.82, 2.24) is 10.2 Å². The average Bonchev–Trinajstić information content (AvgIpc) is 2.40. The van der Waals surface area contributed by atoms with Gasteiger partial charge in [-0.1, -0.05) is 12.1 Å². The maximum Gasteiger partial charge on any atom is 0.259 e. The van der Waals surface area contributed by atoms with E-state index in [0.29, 0.717) is 5.82 Å². The number of anilines is 1. The molecule has 0 aliphatic carbocycles. The molecule has 0 aliphatic heterocycles. The number of halogens is 1. The van der Waals surface area contributed by atoms with Crippen molar-refractivity contribution in [3.05, 3.63) is 47.8 Å². The molecule has 1 amide bonds. The summed E-state index contributed by atoms with van der Waals surface area (Å²) in [7, 11) is 0. The Balaban J connectivity index is 2.14. The third-order valence-electron chi connectivity index (χ3n) is 2.21. The van der Waals surface area contributed by atoms with E-state index in [2.05, 4.69) is 15.5 Å². The van der Waals surface area contributed by atoms with Crippen LogP contribution in [-0.2, 0) is 0 Å². The number of carbonyl (C=O) groups is 1. The van der Waals surface area contributed by atoms with Crippen LogP contribution in [0.25, 0.3) is 0 Å². The van der Waals surface area contributed by atoms with Crippen molar-refractivity contribution in [2.45, 2.75) is 5.03 Å². The molecule has 1 heterocycles. The summed E-state index contributed by atoms with van der Waals surface area (Å²) in [5.41, 5.74) is -0.0201. The van der Waals surface area contributed by atoms with Gasteiger partial charge in [0, 0.05) is 0 Å². The number of carbonyl (C=O) groups excluding carboxylic acids is 1. The van der Waals surface area contributed by atoms with Crippen LogP contribution < -0.4 is 5.32 Å². The highest BCUT2D eigenvalue weighted by molar-refractivity contribution is 7.98. The molecule has 6 heteroatoms. The van der Waals surface area contributed by atoms with E-state index in [4.69, 9.17) is 0 Å². The maximum atomic E-state index is 13.4. The molecule has 0 bridgehead atoms. The number of nitrogens with zero attached hydrogens (tertiary/aromatic N) is 2. The van der Waals surface area contributed by atoms with E-state index in [9.17, 15) is 9.18 Å². The quantitative estimate of drug-likeness (QED) is 0.865. The Labute approximate surface area is 108 Å². The smallest absolute Gasteiger partial charge is 0.259 e. The van der Waals surface area contributed by atoms with Gasteiger partial charge in [-0.15, -0.1) is 22.0 Å². The number of thioether (sulfide) groups is 1. The predicted molar refractivity (Wildman–Crippen MR) is 68.2 cm³/mol. The van der Waals surface area contributed by atoms with E-state index in [1.165, 1.54) is 30.0 Å². The summed E-state index contributed by atoms with van der Waals surface area (Å²) in [5.74, 6) is -0.816. The molecule has 0 unspecified atom stereocenters. The van der Waals surface area contributed by atoms with Gasteiger partial charge in [0.25, 0.3) is 5.91 Å². The molecule has 0 aliphatic rings. The second kappa shape index (κ2) is 5.59. The summed E-state index contributed by atoms with van der Waals surface area (Å²) in [6.07, 6.45) is 1.88. The number of aromatic nitrogens is 2. The standard InChI is InChI=1S/C12H10FN3OS/c1-18-11-7-6-10(15-16-11)14-12(17)8-4-2-3-5-9(8)13/h2-7H,1H3,(H,14,15,17). The topological polar surface area (TPSA) is 54.9 Å². The van der Waals surface area contributed by atoms with Gasteiger partial charge in [-0.05, 0) is 30.5 Å². The van der Waals surface area contributed by atoms with Crippen LogP contribution in [0.3, 0.4) is 0 Å². The van der Waals surface area contributed by atoms with E-state index in [0.717, 1.165) is 5.03 Å². The summed E-state index contributed by atoms with van der Waals surface area (Å²) in [5, 5.41) is 10.9. The van der Waals surface area contributed by atoms with E-state index in [1.54, 1.807) is 18.2 Å². The molecule has 2 aromatic rings. The normalized spacial score (nSPS) is 10.1. The monoisotopic (exact) mass is 263 g/mol. The number of hydrogen-bond acceptors (Lipinski definition) is 4. The largest absolute Gasteiger partial charge is 0.305 e. The van der Waals surface area contributed by atoms with Crippen LogP contribution in [0.4, 0.5) is 10.2 Å². The zero-order chi connectivity index (χ0) is 13.0. The van der Waals surface area contributed by atoms with Gasteiger partial charge in [-0.3, -0.25) is 4.79 Å². The molecule has 18 heavy (non-hydrogen) atoms. The SMILES string of the molecule is CSc1ccc(NC(=O)c2ccccc2F)nn1. The van der Waals surface area contributed by atoms with Gasteiger partial charge in [0.2, 0.25) is 0 Å². The van der Waals surface area contributed by atoms with Crippen LogP contribution in [-0.4, -0.2) is 22.4 Å². The van der Waals surface area contributed by atoms with Crippen LogP contribution in [0.2, 0.25) is 0 Å². The molecule has 1 aromatic carbocycles. The first-order valence-electron chi connectivity index (χ1n) is 5.14. The number of benzene rings is 1. The second-order valence-corrected chi connectivity index (χ2v) is 4.22. The Morgan fingerprint density at radius 3 is 2.61 bits per heavy atom. The van der Waals surface area contributed by atoms with Crippen molar-refractivity contribution in [2.24, 2.45) is 0 Å².